The van der Waals surface area contributed by atoms with Crippen LogP contribution in [-0.4, -0.2) is 259 Å². The monoisotopic (exact) mass is 1520 g/mol. The molecule has 570 valence electrons. The molecule has 0 aromatic carbocycles. The summed E-state index contributed by atoms with van der Waals surface area (Å²) in [5.41, 5.74) is 0.408. The first kappa shape index (κ1) is 76.5. The Balaban J connectivity index is 0.909. The van der Waals surface area contributed by atoms with Crippen LogP contribution in [0, 0.1) is 0 Å². The maximum atomic E-state index is 14.7. The van der Waals surface area contributed by atoms with Gasteiger partial charge in [-0.15, -0.1) is 0 Å². The highest BCUT2D eigenvalue weighted by atomic mass is 19.4. The molecule has 0 amide bonds. The molecule has 10 rings (SSSR count). The van der Waals surface area contributed by atoms with Crippen LogP contribution in [0.2, 0.25) is 0 Å². The molecular formula is C53H56F27N19O3. The van der Waals surface area contributed by atoms with Crippen LogP contribution in [0.4, 0.5) is 172 Å². The lowest BCUT2D eigenvalue weighted by Gasteiger charge is -2.40. The van der Waals surface area contributed by atoms with E-state index in [9.17, 15) is 119 Å². The van der Waals surface area contributed by atoms with Gasteiger partial charge in [-0.2, -0.15) is 163 Å². The molecule has 0 radical (unpaired) electrons. The third-order valence-corrected chi connectivity index (χ3v) is 17.2. The molecule has 6 aliphatic rings. The SMILES string of the molecule is FC(F)(F)C(F)(F)C(F)(F)C(F)(F)COc1nc(N2CCCC2)nc(N2CCN(c3cc(N4CCN(c5nc(OCC(F)(F)C(F)(F)C(F)(F)C(F)(F)F)nc(N6CCCC6)n5)CC4)nc(N4CCN(c5nc(OCC(F)(F)C(F)(F)C(F)(F)C(F)(F)F)nc(N6CCCC6)n5)CC4)c3)CC2)n1. The van der Waals surface area contributed by atoms with E-state index in [-0.39, 0.29) is 165 Å². The fourth-order valence-electron chi connectivity index (χ4n) is 11.2. The van der Waals surface area contributed by atoms with Gasteiger partial charge in [0.2, 0.25) is 35.7 Å². The Hall–Kier alpha value is -8.11. The lowest BCUT2D eigenvalue weighted by atomic mass is 10.0. The van der Waals surface area contributed by atoms with Crippen LogP contribution in [0.5, 0.6) is 18.0 Å². The summed E-state index contributed by atoms with van der Waals surface area (Å²) < 4.78 is 387. The minimum atomic E-state index is -7.23. The summed E-state index contributed by atoms with van der Waals surface area (Å²) in [6.07, 6.45) is -18.1. The van der Waals surface area contributed by atoms with Gasteiger partial charge in [-0.05, 0) is 38.5 Å². The molecule has 6 fully saturated rings. The first-order chi connectivity index (χ1) is 47.2. The van der Waals surface area contributed by atoms with Gasteiger partial charge in [0.1, 0.15) is 11.6 Å². The fraction of sp³-hybridized carbons (Fsp3) is 0.736. The predicted octanol–water partition coefficient (Wildman–Crippen LogP) is 9.96. The van der Waals surface area contributed by atoms with Crippen molar-refractivity contribution in [3.63, 3.8) is 0 Å². The van der Waals surface area contributed by atoms with Crippen molar-refractivity contribution < 1.29 is 133 Å². The molecule has 0 unspecified atom stereocenters. The van der Waals surface area contributed by atoms with Crippen LogP contribution in [0.3, 0.4) is 0 Å². The number of piperazine rings is 3. The highest BCUT2D eigenvalue weighted by Gasteiger charge is 2.84. The molecule has 10 heterocycles. The van der Waals surface area contributed by atoms with Gasteiger partial charge in [0, 0.05) is 136 Å². The largest absolute Gasteiger partial charge is 0.460 e. The Bertz CT molecular complexity index is 3180. The summed E-state index contributed by atoms with van der Waals surface area (Å²) >= 11 is 0. The molecule has 4 aromatic rings. The smallest absolute Gasteiger partial charge is 0.457 e. The Morgan fingerprint density at radius 1 is 0.235 bits per heavy atom. The Morgan fingerprint density at radius 2 is 0.431 bits per heavy atom. The van der Waals surface area contributed by atoms with E-state index in [1.165, 1.54) is 29.4 Å². The summed E-state index contributed by atoms with van der Waals surface area (Å²) in [5, 5.41) is 0. The first-order valence-corrected chi connectivity index (χ1v) is 30.7. The molecule has 6 aliphatic heterocycles. The van der Waals surface area contributed by atoms with Crippen LogP contribution in [-0.2, 0) is 0 Å². The minimum absolute atomic E-state index is 0.0110. The van der Waals surface area contributed by atoms with Gasteiger partial charge in [-0.1, -0.05) is 0 Å². The molecule has 0 bridgehead atoms. The van der Waals surface area contributed by atoms with Crippen molar-refractivity contribution in [3.8, 4) is 18.0 Å². The van der Waals surface area contributed by atoms with Gasteiger partial charge < -0.3 is 58.3 Å². The van der Waals surface area contributed by atoms with Crippen molar-refractivity contribution in [1.82, 2.24) is 49.8 Å². The number of aromatic nitrogens is 10. The molecule has 4 aromatic heterocycles. The molecule has 102 heavy (non-hydrogen) atoms. The zero-order valence-electron chi connectivity index (χ0n) is 52.2. The topological polar surface area (TPSA) is 186 Å². The van der Waals surface area contributed by atoms with E-state index < -0.39 is 110 Å². The number of hydrogen-bond acceptors (Lipinski definition) is 22. The number of halogens is 27. The van der Waals surface area contributed by atoms with E-state index >= 15 is 0 Å². The van der Waals surface area contributed by atoms with Crippen LogP contribution < -0.4 is 58.3 Å². The second-order valence-corrected chi connectivity index (χ2v) is 24.1. The molecule has 6 saturated heterocycles. The number of nitrogens with zero attached hydrogens (tertiary/aromatic N) is 19. The van der Waals surface area contributed by atoms with Crippen molar-refractivity contribution in [2.75, 3.05) is 182 Å². The zero-order valence-corrected chi connectivity index (χ0v) is 52.2. The molecule has 0 atom stereocenters. The van der Waals surface area contributed by atoms with Gasteiger partial charge in [-0.25, -0.2) is 4.98 Å². The van der Waals surface area contributed by atoms with Gasteiger partial charge >= 0.3 is 89.9 Å². The number of anilines is 9. The third-order valence-electron chi connectivity index (χ3n) is 17.2. The summed E-state index contributed by atoms with van der Waals surface area (Å²) in [6, 6.07) is -0.244. The van der Waals surface area contributed by atoms with Gasteiger partial charge in [-0.3, -0.25) is 0 Å². The Labute approximate surface area is 557 Å². The van der Waals surface area contributed by atoms with Crippen LogP contribution in [0.25, 0.3) is 0 Å². The van der Waals surface area contributed by atoms with Crippen molar-refractivity contribution in [3.05, 3.63) is 12.1 Å². The fourth-order valence-corrected chi connectivity index (χ4v) is 11.2. The van der Waals surface area contributed by atoms with Gasteiger partial charge in [0.05, 0.1) is 0 Å². The van der Waals surface area contributed by atoms with Crippen molar-refractivity contribution in [2.45, 2.75) is 110 Å². The van der Waals surface area contributed by atoms with E-state index in [4.69, 9.17) is 4.98 Å². The number of alkyl halides is 27. The first-order valence-electron chi connectivity index (χ1n) is 30.7. The van der Waals surface area contributed by atoms with Crippen LogP contribution in [0.15, 0.2) is 12.1 Å². The van der Waals surface area contributed by atoms with Crippen LogP contribution in [0.1, 0.15) is 38.5 Å². The molecule has 0 spiro atoms. The number of hydrogen-bond donors (Lipinski definition) is 0. The molecular weight excluding hydrogens is 1460 g/mol. The van der Waals surface area contributed by atoms with E-state index in [1.807, 2.05) is 0 Å². The minimum Gasteiger partial charge on any atom is -0.457 e. The summed E-state index contributed by atoms with van der Waals surface area (Å²) in [7, 11) is 0. The molecule has 0 N–H and O–H groups in total. The Kier molecular flexibility index (Phi) is 20.6. The summed E-state index contributed by atoms with van der Waals surface area (Å²) in [5.74, 6) is -62.7. The molecule has 0 aliphatic carbocycles. The Morgan fingerprint density at radius 3 is 0.647 bits per heavy atom. The second kappa shape index (κ2) is 27.5. The lowest BCUT2D eigenvalue weighted by Crippen LogP contribution is -2.62. The molecule has 0 saturated carbocycles. The molecule has 22 nitrogen and oxygen atoms in total. The average Bonchev–Trinajstić information content (AvgIpc) is 0.830. The number of ether oxygens (including phenoxy) is 3. The van der Waals surface area contributed by atoms with Crippen LogP contribution >= 0.6 is 0 Å². The normalized spacial score (nSPS) is 18.9. The number of pyridine rings is 1. The average molecular weight is 1520 g/mol. The molecule has 49 heteroatoms. The van der Waals surface area contributed by atoms with E-state index in [1.54, 1.807) is 26.8 Å². The maximum Gasteiger partial charge on any atom is 0.460 e. The highest BCUT2D eigenvalue weighted by Crippen LogP contribution is 2.56. The quantitative estimate of drug-likeness (QED) is 0.0603. The zero-order chi connectivity index (χ0) is 74.8. The van der Waals surface area contributed by atoms with Gasteiger partial charge in [0.15, 0.2) is 19.8 Å². The van der Waals surface area contributed by atoms with E-state index in [2.05, 4.69) is 59.1 Å². The second-order valence-electron chi connectivity index (χ2n) is 24.1. The predicted molar refractivity (Wildman–Crippen MR) is 301 cm³/mol. The third kappa shape index (κ3) is 14.9. The van der Waals surface area contributed by atoms with E-state index in [0.717, 1.165) is 0 Å². The van der Waals surface area contributed by atoms with Gasteiger partial charge in [0.25, 0.3) is 0 Å². The van der Waals surface area contributed by atoms with Crippen molar-refractivity contribution in [1.29, 1.82) is 0 Å². The maximum absolute atomic E-state index is 14.7. The van der Waals surface area contributed by atoms with E-state index in [0.29, 0.717) is 44.2 Å². The lowest BCUT2D eigenvalue weighted by molar-refractivity contribution is -0.398. The summed E-state index contributed by atoms with van der Waals surface area (Å²) in [6.45, 7) is -7.38. The van der Waals surface area contributed by atoms with Crippen molar-refractivity contribution >= 4 is 53.0 Å². The number of rotatable bonds is 24. The standard InChI is InChI=1S/C53H56F27N19O3/c54-42(55,45(60,61)48(66,67)51(72,73)74)27-100-39-85-33(94-7-1-2-8-94)82-36(88-39)97-19-13-91(14-20-97)30-25-31(92-15-21-98(22-16-92)37-83-34(95-9-3-4-10-95)86-40(89-37)101-28-43(56,57)46(62,63)49(68,69)52(75,76)77)81-32(26-30)93-17-23-99(24-18-93)38-84-35(96-11-5-6-12-96)87-41(90-38)102-29-44(58,59)47(64,65)50(70,71)53(78,79)80/h25-26H,1-24,27-29H2. The highest BCUT2D eigenvalue weighted by molar-refractivity contribution is 5.65. The summed E-state index contributed by atoms with van der Waals surface area (Å²) in [4.78, 5) is 55.3. The van der Waals surface area contributed by atoms with Crippen molar-refractivity contribution in [2.24, 2.45) is 0 Å².